The number of hydrogen-bond acceptors (Lipinski definition) is 6. The Bertz CT molecular complexity index is 1020. The second kappa shape index (κ2) is 9.70. The van der Waals surface area contributed by atoms with E-state index in [2.05, 4.69) is 15.2 Å². The number of thiophene rings is 1. The minimum absolute atomic E-state index is 0.0551. The van der Waals surface area contributed by atoms with Crippen molar-refractivity contribution >= 4 is 29.0 Å². The van der Waals surface area contributed by atoms with E-state index in [1.54, 1.807) is 17.5 Å². The molecular formula is C23H25N5O2S. The summed E-state index contributed by atoms with van der Waals surface area (Å²) in [6.07, 6.45) is 2.05. The fourth-order valence-electron chi connectivity index (χ4n) is 3.70. The molecule has 2 aromatic heterocycles. The lowest BCUT2D eigenvalue weighted by molar-refractivity contribution is -0.132. The molecule has 1 aliphatic rings. The number of benzene rings is 1. The largest absolute Gasteiger partial charge is 0.353 e. The van der Waals surface area contributed by atoms with Gasteiger partial charge in [0.25, 0.3) is 0 Å². The van der Waals surface area contributed by atoms with Crippen molar-refractivity contribution in [1.82, 2.24) is 20.2 Å². The quantitative estimate of drug-likeness (QED) is 0.644. The summed E-state index contributed by atoms with van der Waals surface area (Å²) < 4.78 is 0. The molecule has 3 aromatic rings. The predicted molar refractivity (Wildman–Crippen MR) is 122 cm³/mol. The van der Waals surface area contributed by atoms with Gasteiger partial charge in [0.1, 0.15) is 5.82 Å². The third-order valence-corrected chi connectivity index (χ3v) is 6.26. The Labute approximate surface area is 185 Å². The number of hydrogen-bond donors (Lipinski definition) is 1. The molecule has 1 saturated heterocycles. The Kier molecular flexibility index (Phi) is 6.57. The minimum Gasteiger partial charge on any atom is -0.353 e. The molecule has 1 unspecified atom stereocenters. The Balaban J connectivity index is 1.37. The third-order valence-electron chi connectivity index (χ3n) is 5.27. The molecule has 3 heterocycles. The summed E-state index contributed by atoms with van der Waals surface area (Å²) in [7, 11) is 0. The Morgan fingerprint density at radius 3 is 2.52 bits per heavy atom. The van der Waals surface area contributed by atoms with E-state index in [-0.39, 0.29) is 24.3 Å². The second-order valence-electron chi connectivity index (χ2n) is 7.44. The van der Waals surface area contributed by atoms with Gasteiger partial charge in [-0.3, -0.25) is 9.59 Å². The fourth-order valence-corrected chi connectivity index (χ4v) is 4.48. The van der Waals surface area contributed by atoms with Gasteiger partial charge >= 0.3 is 0 Å². The summed E-state index contributed by atoms with van der Waals surface area (Å²) in [5, 5.41) is 4.86. The highest BCUT2D eigenvalue weighted by Gasteiger charge is 2.26. The molecular weight excluding hydrogens is 410 g/mol. The van der Waals surface area contributed by atoms with Crippen molar-refractivity contribution in [3.63, 3.8) is 0 Å². The van der Waals surface area contributed by atoms with Crippen LogP contribution in [0.4, 0.5) is 5.82 Å². The lowest BCUT2D eigenvalue weighted by atomic mass is 10.1. The van der Waals surface area contributed by atoms with Crippen LogP contribution in [0.3, 0.4) is 0 Å². The first kappa shape index (κ1) is 21.0. The van der Waals surface area contributed by atoms with Crippen LogP contribution in [0.15, 0.2) is 60.1 Å². The van der Waals surface area contributed by atoms with Gasteiger partial charge in [0.05, 0.1) is 12.5 Å². The molecule has 0 bridgehead atoms. The van der Waals surface area contributed by atoms with Gasteiger partial charge in [0, 0.05) is 49.7 Å². The van der Waals surface area contributed by atoms with Gasteiger partial charge in [-0.2, -0.15) is 0 Å². The minimum atomic E-state index is -0.279. The maximum Gasteiger partial charge on any atom is 0.225 e. The second-order valence-corrected chi connectivity index (χ2v) is 8.42. The number of carbonyl (C=O) groups is 2. The van der Waals surface area contributed by atoms with Crippen molar-refractivity contribution in [1.29, 1.82) is 0 Å². The van der Waals surface area contributed by atoms with Gasteiger partial charge in [-0.1, -0.05) is 36.4 Å². The third kappa shape index (κ3) is 5.27. The van der Waals surface area contributed by atoms with E-state index in [1.165, 1.54) is 6.92 Å². The molecule has 0 radical (unpaired) electrons. The molecule has 0 spiro atoms. The first-order valence-electron chi connectivity index (χ1n) is 10.3. The molecule has 0 saturated carbocycles. The molecule has 1 aliphatic heterocycles. The lowest BCUT2D eigenvalue weighted by Gasteiger charge is -2.36. The number of aromatic nitrogens is 2. The zero-order valence-corrected chi connectivity index (χ0v) is 18.2. The number of rotatable bonds is 6. The standard InChI is InChI=1S/C23H25N5O2S/c1-17(29)25-19(20-8-5-15-31-20)16-22(30)28-13-11-27(12-14-28)21-9-10-24-23(26-21)18-6-3-2-4-7-18/h2-10,15,19H,11-14,16H2,1H3,(H,25,29). The normalized spacial score (nSPS) is 14.9. The zero-order chi connectivity index (χ0) is 21.6. The summed E-state index contributed by atoms with van der Waals surface area (Å²) in [6.45, 7) is 4.15. The van der Waals surface area contributed by atoms with E-state index < -0.39 is 0 Å². The average molecular weight is 436 g/mol. The maximum absolute atomic E-state index is 12.9. The van der Waals surface area contributed by atoms with Crippen molar-refractivity contribution in [2.75, 3.05) is 31.1 Å². The summed E-state index contributed by atoms with van der Waals surface area (Å²) in [5.41, 5.74) is 0.982. The van der Waals surface area contributed by atoms with Crippen LogP contribution in [0.2, 0.25) is 0 Å². The van der Waals surface area contributed by atoms with Gasteiger partial charge in [0.15, 0.2) is 5.82 Å². The summed E-state index contributed by atoms with van der Waals surface area (Å²) >= 11 is 1.55. The summed E-state index contributed by atoms with van der Waals surface area (Å²) in [4.78, 5) is 38.7. The summed E-state index contributed by atoms with van der Waals surface area (Å²) in [5.74, 6) is 1.50. The van der Waals surface area contributed by atoms with Crippen molar-refractivity contribution in [2.45, 2.75) is 19.4 Å². The molecule has 31 heavy (non-hydrogen) atoms. The van der Waals surface area contributed by atoms with Gasteiger partial charge in [-0.25, -0.2) is 9.97 Å². The smallest absolute Gasteiger partial charge is 0.225 e. The number of piperazine rings is 1. The van der Waals surface area contributed by atoms with Crippen LogP contribution < -0.4 is 10.2 Å². The van der Waals surface area contributed by atoms with Crippen LogP contribution in [-0.4, -0.2) is 52.9 Å². The van der Waals surface area contributed by atoms with E-state index in [1.807, 2.05) is 58.8 Å². The molecule has 7 nitrogen and oxygen atoms in total. The molecule has 1 fully saturated rings. The molecule has 0 aliphatic carbocycles. The first-order chi connectivity index (χ1) is 15.1. The molecule has 8 heteroatoms. The molecule has 2 amide bonds. The highest BCUT2D eigenvalue weighted by Crippen LogP contribution is 2.24. The van der Waals surface area contributed by atoms with Crippen molar-refractivity contribution in [3.05, 3.63) is 65.0 Å². The number of nitrogens with one attached hydrogen (secondary N) is 1. The molecule has 1 aromatic carbocycles. The zero-order valence-electron chi connectivity index (χ0n) is 17.4. The Morgan fingerprint density at radius 2 is 1.84 bits per heavy atom. The average Bonchev–Trinajstić information content (AvgIpc) is 3.34. The van der Waals surface area contributed by atoms with E-state index in [4.69, 9.17) is 4.98 Å². The predicted octanol–water partition coefficient (Wildman–Crippen LogP) is 3.12. The Morgan fingerprint density at radius 1 is 1.06 bits per heavy atom. The highest BCUT2D eigenvalue weighted by molar-refractivity contribution is 7.10. The van der Waals surface area contributed by atoms with Gasteiger partial charge < -0.3 is 15.1 Å². The number of amides is 2. The van der Waals surface area contributed by atoms with Crippen molar-refractivity contribution in [3.8, 4) is 11.4 Å². The van der Waals surface area contributed by atoms with Crippen LogP contribution in [0.25, 0.3) is 11.4 Å². The van der Waals surface area contributed by atoms with Crippen LogP contribution >= 0.6 is 11.3 Å². The molecule has 1 atom stereocenters. The van der Waals surface area contributed by atoms with Crippen molar-refractivity contribution in [2.24, 2.45) is 0 Å². The van der Waals surface area contributed by atoms with Crippen LogP contribution in [-0.2, 0) is 9.59 Å². The van der Waals surface area contributed by atoms with Crippen LogP contribution in [0, 0.1) is 0 Å². The van der Waals surface area contributed by atoms with Crippen LogP contribution in [0.5, 0.6) is 0 Å². The fraction of sp³-hybridized carbons (Fsp3) is 0.304. The molecule has 160 valence electrons. The van der Waals surface area contributed by atoms with E-state index in [0.717, 1.165) is 16.3 Å². The lowest BCUT2D eigenvalue weighted by Crippen LogP contribution is -2.49. The van der Waals surface area contributed by atoms with Crippen molar-refractivity contribution < 1.29 is 9.59 Å². The molecule has 4 rings (SSSR count). The summed E-state index contributed by atoms with van der Waals surface area (Å²) in [6, 6.07) is 15.4. The Hall–Kier alpha value is -3.26. The van der Waals surface area contributed by atoms with Gasteiger partial charge in [-0.15, -0.1) is 11.3 Å². The SMILES string of the molecule is CC(=O)NC(CC(=O)N1CCN(c2ccnc(-c3ccccc3)n2)CC1)c1cccs1. The van der Waals surface area contributed by atoms with Gasteiger partial charge in [-0.05, 0) is 17.5 Å². The highest BCUT2D eigenvalue weighted by atomic mass is 32.1. The van der Waals surface area contributed by atoms with E-state index >= 15 is 0 Å². The van der Waals surface area contributed by atoms with Crippen LogP contribution in [0.1, 0.15) is 24.3 Å². The number of carbonyl (C=O) groups excluding carboxylic acids is 2. The number of nitrogens with zero attached hydrogens (tertiary/aromatic N) is 4. The molecule has 1 N–H and O–H groups in total. The van der Waals surface area contributed by atoms with E-state index in [0.29, 0.717) is 32.0 Å². The monoisotopic (exact) mass is 435 g/mol. The number of anilines is 1. The maximum atomic E-state index is 12.9. The van der Waals surface area contributed by atoms with E-state index in [9.17, 15) is 9.59 Å². The van der Waals surface area contributed by atoms with Gasteiger partial charge in [0.2, 0.25) is 11.8 Å². The first-order valence-corrected chi connectivity index (χ1v) is 11.2. The topological polar surface area (TPSA) is 78.4 Å².